The van der Waals surface area contributed by atoms with Gasteiger partial charge in [-0.3, -0.25) is 4.79 Å². The lowest BCUT2D eigenvalue weighted by atomic mass is 9.85. The van der Waals surface area contributed by atoms with Gasteiger partial charge in [0.1, 0.15) is 0 Å². The number of hydrogen-bond acceptors (Lipinski definition) is 1. The maximum atomic E-state index is 11.1. The van der Waals surface area contributed by atoms with E-state index in [2.05, 4.69) is 28.1 Å². The third-order valence-corrected chi connectivity index (χ3v) is 5.15. The van der Waals surface area contributed by atoms with Crippen molar-refractivity contribution in [1.29, 1.82) is 0 Å². The van der Waals surface area contributed by atoms with Gasteiger partial charge in [0.05, 0.1) is 6.42 Å². The Balaban J connectivity index is 1.94. The molecule has 0 saturated heterocycles. The Bertz CT molecular complexity index is 506. The molecule has 0 radical (unpaired) electrons. The lowest BCUT2D eigenvalue weighted by molar-refractivity contribution is -0.137. The van der Waals surface area contributed by atoms with Gasteiger partial charge in [0.2, 0.25) is 0 Å². The summed E-state index contributed by atoms with van der Waals surface area (Å²) in [6.45, 7) is 0. The first kappa shape index (κ1) is 13.2. The van der Waals surface area contributed by atoms with Gasteiger partial charge in [-0.05, 0) is 73.1 Å². The molecule has 1 fully saturated rings. The van der Waals surface area contributed by atoms with Gasteiger partial charge in [-0.2, -0.15) is 0 Å². The van der Waals surface area contributed by atoms with E-state index in [1.807, 2.05) is 0 Å². The van der Waals surface area contributed by atoms with Crippen molar-refractivity contribution in [1.82, 2.24) is 0 Å². The maximum absolute atomic E-state index is 11.1. The molecular weight excluding hydrogens is 304 g/mol. The largest absolute Gasteiger partial charge is 0.481 e. The molecule has 1 aromatic rings. The molecule has 1 aromatic carbocycles. The maximum Gasteiger partial charge on any atom is 0.303 e. The highest BCUT2D eigenvalue weighted by molar-refractivity contribution is 9.10. The van der Waals surface area contributed by atoms with E-state index in [-0.39, 0.29) is 12.3 Å². The zero-order chi connectivity index (χ0) is 13.4. The second-order valence-corrected chi connectivity index (χ2v) is 6.74. The van der Waals surface area contributed by atoms with Crippen LogP contribution in [0.5, 0.6) is 0 Å². The number of fused-ring (bicyclic) bond motifs is 1. The summed E-state index contributed by atoms with van der Waals surface area (Å²) in [6.07, 6.45) is 7.48. The molecule has 1 atom stereocenters. The van der Waals surface area contributed by atoms with Crippen molar-refractivity contribution in [2.24, 2.45) is 5.92 Å². The van der Waals surface area contributed by atoms with Gasteiger partial charge in [-0.1, -0.05) is 22.0 Å². The van der Waals surface area contributed by atoms with Crippen molar-refractivity contribution in [3.05, 3.63) is 33.3 Å². The molecule has 0 heterocycles. The van der Waals surface area contributed by atoms with Crippen molar-refractivity contribution in [2.75, 3.05) is 0 Å². The lowest BCUT2D eigenvalue weighted by Crippen LogP contribution is -2.11. The molecule has 2 nitrogen and oxygen atoms in total. The first-order valence-electron chi connectivity index (χ1n) is 7.18. The van der Waals surface area contributed by atoms with Crippen molar-refractivity contribution >= 4 is 21.9 Å². The van der Waals surface area contributed by atoms with E-state index >= 15 is 0 Å². The molecule has 3 rings (SSSR count). The first-order valence-corrected chi connectivity index (χ1v) is 7.97. The van der Waals surface area contributed by atoms with Gasteiger partial charge in [0, 0.05) is 4.47 Å². The molecule has 3 heteroatoms. The van der Waals surface area contributed by atoms with Crippen LogP contribution >= 0.6 is 15.9 Å². The van der Waals surface area contributed by atoms with Gasteiger partial charge < -0.3 is 5.11 Å². The summed E-state index contributed by atoms with van der Waals surface area (Å²) in [7, 11) is 0. The minimum Gasteiger partial charge on any atom is -0.481 e. The van der Waals surface area contributed by atoms with E-state index in [9.17, 15) is 4.79 Å². The van der Waals surface area contributed by atoms with E-state index in [0.29, 0.717) is 5.92 Å². The molecule has 1 saturated carbocycles. The van der Waals surface area contributed by atoms with Crippen LogP contribution in [0.4, 0.5) is 0 Å². The molecular formula is C16H19BrO2. The SMILES string of the molecule is O=C(O)CC(c1cc(Br)c2c(c1)CCCC2)C1CC1. The molecule has 19 heavy (non-hydrogen) atoms. The summed E-state index contributed by atoms with van der Waals surface area (Å²) in [4.78, 5) is 11.1. The Labute approximate surface area is 122 Å². The molecule has 0 amide bonds. The van der Waals surface area contributed by atoms with Crippen LogP contribution < -0.4 is 0 Å². The standard InChI is InChI=1S/C16H19BrO2/c17-15-8-12(7-11-3-1-2-4-13(11)15)14(9-16(18)19)10-5-6-10/h7-8,10,14H,1-6,9H2,(H,18,19). The highest BCUT2D eigenvalue weighted by Crippen LogP contribution is 2.46. The first-order chi connectivity index (χ1) is 9.15. The summed E-state index contributed by atoms with van der Waals surface area (Å²) in [6, 6.07) is 4.46. The molecule has 0 aromatic heterocycles. The summed E-state index contributed by atoms with van der Waals surface area (Å²) in [5.41, 5.74) is 4.11. The second-order valence-electron chi connectivity index (χ2n) is 5.89. The normalized spacial score (nSPS) is 19.8. The van der Waals surface area contributed by atoms with Crippen molar-refractivity contribution in [3.8, 4) is 0 Å². The molecule has 0 aliphatic heterocycles. The Hall–Kier alpha value is -0.830. The predicted molar refractivity (Wildman–Crippen MR) is 78.5 cm³/mol. The molecule has 0 spiro atoms. The van der Waals surface area contributed by atoms with E-state index in [4.69, 9.17) is 5.11 Å². The van der Waals surface area contributed by atoms with Crippen LogP contribution in [0.25, 0.3) is 0 Å². The van der Waals surface area contributed by atoms with Gasteiger partial charge >= 0.3 is 5.97 Å². The molecule has 2 aliphatic rings. The number of carboxylic acid groups (broad SMARTS) is 1. The quantitative estimate of drug-likeness (QED) is 0.897. The van der Waals surface area contributed by atoms with Crippen LogP contribution in [-0.2, 0) is 17.6 Å². The second kappa shape index (κ2) is 5.28. The number of hydrogen-bond donors (Lipinski definition) is 1. The third kappa shape index (κ3) is 2.86. The van der Waals surface area contributed by atoms with E-state index in [1.54, 1.807) is 0 Å². The third-order valence-electron chi connectivity index (χ3n) is 4.45. The molecule has 2 aliphatic carbocycles. The van der Waals surface area contributed by atoms with E-state index < -0.39 is 5.97 Å². The lowest BCUT2D eigenvalue weighted by Gasteiger charge is -2.22. The zero-order valence-electron chi connectivity index (χ0n) is 11.0. The zero-order valence-corrected chi connectivity index (χ0v) is 12.6. The summed E-state index contributed by atoms with van der Waals surface area (Å²) < 4.78 is 1.19. The average Bonchev–Trinajstić information content (AvgIpc) is 3.20. The topological polar surface area (TPSA) is 37.3 Å². The minimum absolute atomic E-state index is 0.209. The van der Waals surface area contributed by atoms with Crippen LogP contribution in [0.2, 0.25) is 0 Å². The fraction of sp³-hybridized carbons (Fsp3) is 0.562. The smallest absolute Gasteiger partial charge is 0.303 e. The Kier molecular flexibility index (Phi) is 3.66. The Morgan fingerprint density at radius 3 is 2.74 bits per heavy atom. The van der Waals surface area contributed by atoms with E-state index in [0.717, 1.165) is 12.8 Å². The number of rotatable bonds is 4. The highest BCUT2D eigenvalue weighted by atomic mass is 79.9. The van der Waals surface area contributed by atoms with Crippen LogP contribution in [0.15, 0.2) is 16.6 Å². The van der Waals surface area contributed by atoms with E-state index in [1.165, 1.54) is 46.8 Å². The van der Waals surface area contributed by atoms with Crippen LogP contribution in [0, 0.1) is 5.92 Å². The number of carbonyl (C=O) groups is 1. The average molecular weight is 323 g/mol. The van der Waals surface area contributed by atoms with Crippen LogP contribution in [0.1, 0.15) is 54.7 Å². The Morgan fingerprint density at radius 2 is 2.05 bits per heavy atom. The van der Waals surface area contributed by atoms with Gasteiger partial charge in [0.15, 0.2) is 0 Å². The number of aryl methyl sites for hydroxylation is 1. The monoisotopic (exact) mass is 322 g/mol. The number of aliphatic carboxylic acids is 1. The Morgan fingerprint density at radius 1 is 1.32 bits per heavy atom. The fourth-order valence-electron chi connectivity index (χ4n) is 3.29. The number of halogens is 1. The fourth-order valence-corrected chi connectivity index (χ4v) is 4.01. The summed E-state index contributed by atoms with van der Waals surface area (Å²) in [5.74, 6) is 0.122. The van der Waals surface area contributed by atoms with Gasteiger partial charge in [-0.25, -0.2) is 0 Å². The van der Waals surface area contributed by atoms with Gasteiger partial charge in [0.25, 0.3) is 0 Å². The van der Waals surface area contributed by atoms with Crippen molar-refractivity contribution in [2.45, 2.75) is 50.9 Å². The predicted octanol–water partition coefficient (Wildman–Crippen LogP) is 4.30. The summed E-state index contributed by atoms with van der Waals surface area (Å²) >= 11 is 3.69. The molecule has 1 unspecified atom stereocenters. The van der Waals surface area contributed by atoms with Crippen LogP contribution in [0.3, 0.4) is 0 Å². The number of benzene rings is 1. The number of carboxylic acids is 1. The summed E-state index contributed by atoms with van der Waals surface area (Å²) in [5, 5.41) is 9.12. The van der Waals surface area contributed by atoms with Crippen molar-refractivity contribution < 1.29 is 9.90 Å². The highest BCUT2D eigenvalue weighted by Gasteiger charge is 2.34. The molecule has 102 valence electrons. The molecule has 1 N–H and O–H groups in total. The molecule has 0 bridgehead atoms. The van der Waals surface area contributed by atoms with Crippen molar-refractivity contribution in [3.63, 3.8) is 0 Å². The minimum atomic E-state index is -0.675. The van der Waals surface area contributed by atoms with Gasteiger partial charge in [-0.15, -0.1) is 0 Å². The van der Waals surface area contributed by atoms with Crippen LogP contribution in [-0.4, -0.2) is 11.1 Å².